The molecule has 2 amide bonds. The second kappa shape index (κ2) is 9.92. The Morgan fingerprint density at radius 3 is 2.29 bits per heavy atom. The highest BCUT2D eigenvalue weighted by atomic mass is 19.4. The molecule has 4 rings (SSSR count). The average molecular weight is 482 g/mol. The predicted molar refractivity (Wildman–Crippen MR) is 130 cm³/mol. The van der Waals surface area contributed by atoms with Crippen LogP contribution in [0.2, 0.25) is 0 Å². The fourth-order valence-electron chi connectivity index (χ4n) is 4.46. The summed E-state index contributed by atoms with van der Waals surface area (Å²) in [6.07, 6.45) is -2.87. The highest BCUT2D eigenvalue weighted by Crippen LogP contribution is 2.36. The molecule has 1 N–H and O–H groups in total. The molecular weight excluding hydrogens is 455 g/mol. The number of hydrogen-bond donors (Lipinski definition) is 1. The lowest BCUT2D eigenvalue weighted by Gasteiger charge is -2.27. The molecule has 5 nitrogen and oxygen atoms in total. The van der Waals surface area contributed by atoms with E-state index < -0.39 is 23.2 Å². The van der Waals surface area contributed by atoms with E-state index in [0.717, 1.165) is 36.2 Å². The van der Waals surface area contributed by atoms with Crippen molar-refractivity contribution < 1.29 is 22.8 Å². The number of hydrogen-bond acceptors (Lipinski definition) is 3. The second-order valence-electron chi connectivity index (χ2n) is 8.71. The van der Waals surface area contributed by atoms with Crippen LogP contribution in [0.15, 0.2) is 72.8 Å². The van der Waals surface area contributed by atoms with E-state index in [0.29, 0.717) is 17.8 Å². The van der Waals surface area contributed by atoms with Crippen LogP contribution in [0.4, 0.5) is 24.5 Å². The third-order valence-electron chi connectivity index (χ3n) is 6.18. The van der Waals surface area contributed by atoms with Gasteiger partial charge in [0.1, 0.15) is 0 Å². The Balaban J connectivity index is 1.54. The monoisotopic (exact) mass is 481 g/mol. The number of halogens is 3. The number of nitrogens with zero attached hydrogens (tertiary/aromatic N) is 2. The Morgan fingerprint density at radius 1 is 0.943 bits per heavy atom. The first kappa shape index (κ1) is 24.5. The highest BCUT2D eigenvalue weighted by molar-refractivity contribution is 6.08. The zero-order chi connectivity index (χ0) is 25.2. The maximum absolute atomic E-state index is 13.4. The summed E-state index contributed by atoms with van der Waals surface area (Å²) in [6.45, 7) is 0.576. The molecule has 0 saturated carbocycles. The summed E-state index contributed by atoms with van der Waals surface area (Å²) in [6, 6.07) is 18.9. The number of fused-ring (bicyclic) bond motifs is 1. The maximum atomic E-state index is 13.4. The van der Waals surface area contributed by atoms with E-state index in [9.17, 15) is 22.8 Å². The normalized spacial score (nSPS) is 15.9. The smallest absolute Gasteiger partial charge is 0.322 e. The van der Waals surface area contributed by atoms with Crippen LogP contribution in [0.25, 0.3) is 0 Å². The summed E-state index contributed by atoms with van der Waals surface area (Å²) in [4.78, 5) is 29.8. The zero-order valence-electron chi connectivity index (χ0n) is 19.5. The summed E-state index contributed by atoms with van der Waals surface area (Å²) < 4.78 is 39.7. The number of rotatable bonds is 4. The van der Waals surface area contributed by atoms with E-state index in [4.69, 9.17) is 0 Å². The number of para-hydroxylation sites is 1. The molecule has 8 heteroatoms. The van der Waals surface area contributed by atoms with Crippen molar-refractivity contribution in [2.24, 2.45) is 0 Å². The first-order chi connectivity index (χ1) is 16.7. The lowest BCUT2D eigenvalue weighted by Crippen LogP contribution is -2.31. The Bertz CT molecular complexity index is 1220. The van der Waals surface area contributed by atoms with Gasteiger partial charge in [-0.3, -0.25) is 9.59 Å². The van der Waals surface area contributed by atoms with Crippen LogP contribution in [0.3, 0.4) is 0 Å². The minimum Gasteiger partial charge on any atom is -0.322 e. The van der Waals surface area contributed by atoms with Gasteiger partial charge in [0.15, 0.2) is 0 Å². The van der Waals surface area contributed by atoms with E-state index in [1.807, 2.05) is 38.4 Å². The first-order valence-corrected chi connectivity index (χ1v) is 11.3. The van der Waals surface area contributed by atoms with Gasteiger partial charge in [-0.25, -0.2) is 0 Å². The van der Waals surface area contributed by atoms with Crippen molar-refractivity contribution in [3.8, 4) is 0 Å². The van der Waals surface area contributed by atoms with Crippen molar-refractivity contribution in [3.05, 3.63) is 95.1 Å². The largest absolute Gasteiger partial charge is 0.417 e. The SMILES string of the molecule is CN(C)C1CCCN(C(=O)c2ccc(NC(=O)c3ccccc3C(F)(F)F)cc2)c2ccccc21. The number of benzene rings is 3. The van der Waals surface area contributed by atoms with Gasteiger partial charge in [0.25, 0.3) is 11.8 Å². The molecule has 0 radical (unpaired) electrons. The second-order valence-corrected chi connectivity index (χ2v) is 8.71. The maximum Gasteiger partial charge on any atom is 0.417 e. The molecule has 182 valence electrons. The predicted octanol–water partition coefficient (Wildman–Crippen LogP) is 6.00. The molecule has 3 aromatic rings. The van der Waals surface area contributed by atoms with Crippen LogP contribution >= 0.6 is 0 Å². The molecular formula is C27H26F3N3O2. The van der Waals surface area contributed by atoms with Gasteiger partial charge in [-0.05, 0) is 75.0 Å². The average Bonchev–Trinajstić information content (AvgIpc) is 3.03. The van der Waals surface area contributed by atoms with Crippen molar-refractivity contribution in [2.75, 3.05) is 30.9 Å². The fraction of sp³-hybridized carbons (Fsp3) is 0.259. The van der Waals surface area contributed by atoms with Crippen LogP contribution in [-0.4, -0.2) is 37.4 Å². The molecule has 1 aliphatic heterocycles. The number of amides is 2. The molecule has 1 aliphatic rings. The molecule has 0 aliphatic carbocycles. The summed E-state index contributed by atoms with van der Waals surface area (Å²) in [5, 5.41) is 2.49. The number of alkyl halides is 3. The lowest BCUT2D eigenvalue weighted by atomic mass is 10.0. The van der Waals surface area contributed by atoms with E-state index in [1.54, 1.807) is 17.0 Å². The van der Waals surface area contributed by atoms with Crippen LogP contribution < -0.4 is 10.2 Å². The Morgan fingerprint density at radius 2 is 1.60 bits per heavy atom. The quantitative estimate of drug-likeness (QED) is 0.497. The molecule has 1 atom stereocenters. The molecule has 35 heavy (non-hydrogen) atoms. The minimum atomic E-state index is -4.64. The topological polar surface area (TPSA) is 52.6 Å². The van der Waals surface area contributed by atoms with Gasteiger partial charge < -0.3 is 15.1 Å². The number of carbonyl (C=O) groups excluding carboxylic acids is 2. The van der Waals surface area contributed by atoms with Crippen molar-refractivity contribution in [1.82, 2.24) is 4.90 Å². The first-order valence-electron chi connectivity index (χ1n) is 11.3. The summed E-state index contributed by atoms with van der Waals surface area (Å²) in [7, 11) is 4.05. The highest BCUT2D eigenvalue weighted by Gasteiger charge is 2.35. The van der Waals surface area contributed by atoms with Gasteiger partial charge in [0.2, 0.25) is 0 Å². The molecule has 0 saturated heterocycles. The third-order valence-corrected chi connectivity index (χ3v) is 6.18. The van der Waals surface area contributed by atoms with Crippen LogP contribution in [-0.2, 0) is 6.18 Å². The Labute approximate surface area is 202 Å². The van der Waals surface area contributed by atoms with Gasteiger partial charge in [0, 0.05) is 29.5 Å². The number of nitrogens with one attached hydrogen (secondary N) is 1. The summed E-state index contributed by atoms with van der Waals surface area (Å²) in [5.41, 5.74) is 1.23. The van der Waals surface area contributed by atoms with E-state index >= 15 is 0 Å². The molecule has 1 unspecified atom stereocenters. The molecule has 1 heterocycles. The van der Waals surface area contributed by atoms with E-state index in [2.05, 4.69) is 10.2 Å². The van der Waals surface area contributed by atoms with E-state index in [1.165, 1.54) is 24.3 Å². The standard InChI is InChI=1S/C27H26F3N3O2/c1-32(2)23-12-7-17-33(24-11-6-4-9-21(23)24)26(35)18-13-15-19(16-14-18)31-25(34)20-8-3-5-10-22(20)27(28,29)30/h3-6,8-11,13-16,23H,7,12,17H2,1-2H3,(H,31,34). The fourth-order valence-corrected chi connectivity index (χ4v) is 4.46. The van der Waals surface area contributed by atoms with Crippen LogP contribution in [0.5, 0.6) is 0 Å². The molecule has 0 spiro atoms. The van der Waals surface area contributed by atoms with Crippen molar-refractivity contribution in [1.29, 1.82) is 0 Å². The lowest BCUT2D eigenvalue weighted by molar-refractivity contribution is -0.137. The van der Waals surface area contributed by atoms with Gasteiger partial charge in [0.05, 0.1) is 11.1 Å². The Hall–Kier alpha value is -3.65. The van der Waals surface area contributed by atoms with Gasteiger partial charge in [-0.2, -0.15) is 13.2 Å². The third kappa shape index (κ3) is 5.22. The number of carbonyl (C=O) groups is 2. The molecule has 0 aromatic heterocycles. The van der Waals surface area contributed by atoms with Crippen molar-refractivity contribution in [2.45, 2.75) is 25.1 Å². The van der Waals surface area contributed by atoms with Crippen molar-refractivity contribution in [3.63, 3.8) is 0 Å². The van der Waals surface area contributed by atoms with Crippen LogP contribution in [0.1, 0.15) is 50.7 Å². The van der Waals surface area contributed by atoms with Gasteiger partial charge in [-0.15, -0.1) is 0 Å². The number of anilines is 2. The summed E-state index contributed by atoms with van der Waals surface area (Å²) in [5.74, 6) is -1.04. The van der Waals surface area contributed by atoms with Crippen molar-refractivity contribution >= 4 is 23.2 Å². The zero-order valence-corrected chi connectivity index (χ0v) is 19.5. The molecule has 0 fully saturated rings. The van der Waals surface area contributed by atoms with Gasteiger partial charge in [-0.1, -0.05) is 30.3 Å². The molecule has 0 bridgehead atoms. The van der Waals surface area contributed by atoms with Gasteiger partial charge >= 0.3 is 6.18 Å². The Kier molecular flexibility index (Phi) is 6.93. The van der Waals surface area contributed by atoms with Crippen LogP contribution in [0, 0.1) is 0 Å². The molecule has 3 aromatic carbocycles. The summed E-state index contributed by atoms with van der Waals surface area (Å²) >= 11 is 0. The minimum absolute atomic E-state index is 0.169. The van der Waals surface area contributed by atoms with E-state index in [-0.39, 0.29) is 11.9 Å².